The van der Waals surface area contributed by atoms with Gasteiger partial charge in [0.15, 0.2) is 5.82 Å². The van der Waals surface area contributed by atoms with Crippen LogP contribution in [0.15, 0.2) is 35.5 Å². The zero-order chi connectivity index (χ0) is 32.8. The molecule has 2 aromatic carbocycles. The Kier molecular flexibility index (Phi) is 8.91. The van der Waals surface area contributed by atoms with Crippen LogP contribution in [0, 0.1) is 24.5 Å². The van der Waals surface area contributed by atoms with Gasteiger partial charge in [0.1, 0.15) is 36.0 Å². The lowest BCUT2D eigenvalue weighted by molar-refractivity contribution is 0.0384. The molecule has 1 unspecified atom stereocenters. The molecule has 0 amide bonds. The molecule has 0 spiro atoms. The number of ether oxygens (including phenoxy) is 1. The normalized spacial score (nSPS) is 24.2. The number of nitrogen functional groups attached to an aromatic ring is 1. The fourth-order valence-electron chi connectivity index (χ4n) is 7.53. The average molecular weight is 661 g/mol. The summed E-state index contributed by atoms with van der Waals surface area (Å²) in [7, 11) is -3.73. The van der Waals surface area contributed by atoms with Crippen molar-refractivity contribution in [2.45, 2.75) is 50.7 Å². The van der Waals surface area contributed by atoms with Crippen molar-refractivity contribution in [3.63, 3.8) is 0 Å². The number of sulfonamides is 1. The number of anilines is 1. The van der Waals surface area contributed by atoms with Crippen molar-refractivity contribution in [3.8, 4) is 17.0 Å². The lowest BCUT2D eigenvalue weighted by atomic mass is 9.95. The Balaban J connectivity index is 1.35. The van der Waals surface area contributed by atoms with Crippen LogP contribution in [0.4, 0.5) is 18.9 Å². The topological polar surface area (TPSA) is 147 Å². The zero-order valence-electron chi connectivity index (χ0n) is 25.7. The van der Waals surface area contributed by atoms with Crippen molar-refractivity contribution >= 4 is 32.3 Å². The highest BCUT2D eigenvalue weighted by atomic mass is 32.2. The van der Waals surface area contributed by atoms with Crippen molar-refractivity contribution in [3.05, 3.63) is 53.2 Å². The molecule has 3 aromatic rings. The molecule has 0 radical (unpaired) electrons. The third-order valence-corrected chi connectivity index (χ3v) is 10.5. The maximum absolute atomic E-state index is 16.2. The first-order valence-corrected chi connectivity index (χ1v) is 17.2. The van der Waals surface area contributed by atoms with E-state index in [1.165, 1.54) is 30.5 Å². The average Bonchev–Trinajstić information content (AvgIpc) is 3.51. The molecular formula is C32H39F3N6O4S. The van der Waals surface area contributed by atoms with Crippen LogP contribution in [0.5, 0.6) is 5.75 Å². The minimum absolute atomic E-state index is 0.114. The first-order valence-electron chi connectivity index (χ1n) is 15.5. The molecule has 1 aromatic heterocycles. The fraction of sp³-hybridized carbons (Fsp3) is 0.500. The number of primary sulfonamides is 1. The van der Waals surface area contributed by atoms with E-state index >= 15 is 4.39 Å². The Morgan fingerprint density at radius 2 is 2.02 bits per heavy atom. The summed E-state index contributed by atoms with van der Waals surface area (Å²) in [5.41, 5.74) is 6.27. The van der Waals surface area contributed by atoms with Crippen molar-refractivity contribution < 1.29 is 31.4 Å². The zero-order valence-corrected chi connectivity index (χ0v) is 26.5. The molecule has 3 fully saturated rings. The summed E-state index contributed by atoms with van der Waals surface area (Å²) in [6, 6.07) is 5.56. The molecule has 0 bridgehead atoms. The Morgan fingerprint density at radius 3 is 2.80 bits per heavy atom. The molecule has 0 saturated carbocycles. The highest BCUT2D eigenvalue weighted by Gasteiger charge is 2.48. The highest BCUT2D eigenvalue weighted by Crippen LogP contribution is 2.41. The van der Waals surface area contributed by atoms with E-state index in [1.54, 1.807) is 6.92 Å². The van der Waals surface area contributed by atoms with Crippen molar-refractivity contribution in [2.24, 2.45) is 16.0 Å². The van der Waals surface area contributed by atoms with Crippen LogP contribution < -0.4 is 10.9 Å². The number of aromatic hydroxyl groups is 1. The van der Waals surface area contributed by atoms with E-state index in [4.69, 9.17) is 15.6 Å². The molecule has 46 heavy (non-hydrogen) atoms. The number of phenols is 1. The predicted octanol–water partition coefficient (Wildman–Crippen LogP) is 4.07. The molecule has 3 atom stereocenters. The molecule has 10 nitrogen and oxygen atoms in total. The highest BCUT2D eigenvalue weighted by molar-refractivity contribution is 7.89. The lowest BCUT2D eigenvalue weighted by Gasteiger charge is -2.35. The van der Waals surface area contributed by atoms with E-state index < -0.39 is 27.8 Å². The van der Waals surface area contributed by atoms with Gasteiger partial charge in [-0.1, -0.05) is 6.07 Å². The first kappa shape index (κ1) is 32.5. The minimum Gasteiger partial charge on any atom is -0.508 e. The van der Waals surface area contributed by atoms with E-state index in [-0.39, 0.29) is 70.1 Å². The third kappa shape index (κ3) is 6.40. The number of halogens is 3. The number of nitrogens with two attached hydrogens (primary N) is 2. The lowest BCUT2D eigenvalue weighted by Crippen LogP contribution is -2.44. The number of hydrogen-bond acceptors (Lipinski definition) is 8. The molecular weight excluding hydrogens is 621 g/mol. The Labute approximate surface area is 266 Å². The molecule has 248 valence electrons. The summed E-state index contributed by atoms with van der Waals surface area (Å²) in [6.45, 7) is 3.75. The molecule has 5 N–H and O–H groups in total. The van der Waals surface area contributed by atoms with E-state index in [1.807, 2.05) is 4.90 Å². The molecule has 0 aliphatic carbocycles. The van der Waals surface area contributed by atoms with Crippen LogP contribution in [0.2, 0.25) is 0 Å². The number of rotatable bonds is 8. The Morgan fingerprint density at radius 1 is 1.22 bits per heavy atom. The standard InChI is InChI=1S/C32H39F3N6O4S/c1-19-26(34)6-5-21-10-23(42)11-24(27(19)21)30-28(35)29(36)25(13-38-30)31(40-8-2-4-20(14-40)16-46(37,43)44)39-18-45-17-32-7-3-9-41(32)15-22(33)12-32/h5-6,10-11,13,20,22,42H,2-4,7-9,12,14-18H2,1H3,(H2,36,38)(H2,37,43,44)/b39-31+/t20?,22-,32-/m0/s1. The number of hydrogen-bond donors (Lipinski definition) is 3. The monoisotopic (exact) mass is 660 g/mol. The number of pyridine rings is 1. The second-order valence-corrected chi connectivity index (χ2v) is 14.5. The number of amidine groups is 1. The first-order chi connectivity index (χ1) is 21.8. The number of fused-ring (bicyclic) bond motifs is 2. The largest absolute Gasteiger partial charge is 0.508 e. The molecule has 3 saturated heterocycles. The number of aromatic nitrogens is 1. The van der Waals surface area contributed by atoms with Crippen LogP contribution in [0.1, 0.15) is 43.2 Å². The molecule has 6 rings (SSSR count). The van der Waals surface area contributed by atoms with E-state index in [9.17, 15) is 22.3 Å². The minimum atomic E-state index is -3.73. The molecule has 4 heterocycles. The van der Waals surface area contributed by atoms with Gasteiger partial charge in [-0.15, -0.1) is 0 Å². The summed E-state index contributed by atoms with van der Waals surface area (Å²) in [4.78, 5) is 13.1. The fourth-order valence-corrected chi connectivity index (χ4v) is 8.46. The van der Waals surface area contributed by atoms with Crippen LogP contribution >= 0.6 is 0 Å². The number of nitrogens with zero attached hydrogens (tertiary/aromatic N) is 4. The van der Waals surface area contributed by atoms with Gasteiger partial charge in [-0.3, -0.25) is 9.88 Å². The van der Waals surface area contributed by atoms with E-state index in [0.29, 0.717) is 49.7 Å². The summed E-state index contributed by atoms with van der Waals surface area (Å²) in [5, 5.41) is 16.6. The summed E-state index contributed by atoms with van der Waals surface area (Å²) >= 11 is 0. The second kappa shape index (κ2) is 12.6. The van der Waals surface area contributed by atoms with Crippen molar-refractivity contribution in [1.82, 2.24) is 14.8 Å². The van der Waals surface area contributed by atoms with Gasteiger partial charge in [-0.25, -0.2) is 31.7 Å². The third-order valence-electron chi connectivity index (χ3n) is 9.57. The van der Waals surface area contributed by atoms with Gasteiger partial charge in [-0.05, 0) is 79.6 Å². The maximum Gasteiger partial charge on any atom is 0.209 e. The summed E-state index contributed by atoms with van der Waals surface area (Å²) in [6.07, 6.45) is 3.97. The van der Waals surface area contributed by atoms with Crippen LogP contribution in [-0.4, -0.2) is 91.1 Å². The van der Waals surface area contributed by atoms with Crippen LogP contribution in [-0.2, 0) is 14.8 Å². The number of likely N-dealkylation sites (tertiary alicyclic amines) is 1. The van der Waals surface area contributed by atoms with Crippen LogP contribution in [0.25, 0.3) is 22.0 Å². The molecule has 3 aliphatic rings. The van der Waals surface area contributed by atoms with Gasteiger partial charge in [-0.2, -0.15) is 0 Å². The number of aliphatic imine (C=N–C) groups is 1. The Hall–Kier alpha value is -3.46. The Bertz CT molecular complexity index is 1790. The van der Waals surface area contributed by atoms with Gasteiger partial charge in [0.2, 0.25) is 10.0 Å². The smallest absolute Gasteiger partial charge is 0.209 e. The number of phenolic OH excluding ortho intramolecular Hbond substituents is 1. The van der Waals surface area contributed by atoms with Gasteiger partial charge in [0.25, 0.3) is 0 Å². The van der Waals surface area contributed by atoms with Crippen molar-refractivity contribution in [2.75, 3.05) is 51.0 Å². The van der Waals surface area contributed by atoms with Gasteiger partial charge in [0.05, 0.1) is 23.6 Å². The molecule has 14 heteroatoms. The summed E-state index contributed by atoms with van der Waals surface area (Å²) < 4.78 is 74.9. The number of benzene rings is 2. The SMILES string of the molecule is Cc1c(F)ccc2cc(O)cc(-c3ncc(/C(=N\COC[C@@]45CCCN4C[C@@H](F)C5)N4CCCC(CS(N)(=O)=O)C4)c(N)c3F)c12. The number of alkyl halides is 1. The van der Waals surface area contributed by atoms with Gasteiger partial charge in [0, 0.05) is 43.4 Å². The van der Waals surface area contributed by atoms with Crippen molar-refractivity contribution in [1.29, 1.82) is 0 Å². The second-order valence-electron chi connectivity index (χ2n) is 12.8. The number of piperidine rings is 1. The quantitative estimate of drug-likeness (QED) is 0.186. The van der Waals surface area contributed by atoms with Crippen LogP contribution in [0.3, 0.4) is 0 Å². The molecule has 3 aliphatic heterocycles. The predicted molar refractivity (Wildman–Crippen MR) is 171 cm³/mol. The van der Waals surface area contributed by atoms with E-state index in [0.717, 1.165) is 19.4 Å². The van der Waals surface area contributed by atoms with E-state index in [2.05, 4.69) is 14.9 Å². The van der Waals surface area contributed by atoms with Gasteiger partial charge < -0.3 is 20.5 Å². The summed E-state index contributed by atoms with van der Waals surface area (Å²) in [5.74, 6) is -1.72. The number of aryl methyl sites for hydroxylation is 1. The maximum atomic E-state index is 16.2. The van der Waals surface area contributed by atoms with Gasteiger partial charge >= 0.3 is 0 Å².